The zero-order valence-electron chi connectivity index (χ0n) is 16.7. The highest BCUT2D eigenvalue weighted by Crippen LogP contribution is 2.27. The van der Waals surface area contributed by atoms with Crippen LogP contribution < -0.4 is 10.9 Å². The van der Waals surface area contributed by atoms with E-state index in [1.54, 1.807) is 14.0 Å². The standard InChI is InChI=1S/C21H20N4O4S/c1-11-16-19(23-10-25(2)20(16)27)30-17(11)18(26)24-15(21(28)29-3)8-12-9-22-14-7-5-4-6-13(12)14/h4-7,9-10,15,22H,8H2,1-3H3,(H,24,26)/t15-/m1/s1. The van der Waals surface area contributed by atoms with Crippen LogP contribution in [0.4, 0.5) is 0 Å². The van der Waals surface area contributed by atoms with Crippen LogP contribution in [0.15, 0.2) is 41.6 Å². The van der Waals surface area contributed by atoms with E-state index >= 15 is 0 Å². The summed E-state index contributed by atoms with van der Waals surface area (Å²) in [5.74, 6) is -0.978. The van der Waals surface area contributed by atoms with Gasteiger partial charge in [0, 0.05) is 30.6 Å². The Morgan fingerprint density at radius 2 is 2.10 bits per heavy atom. The molecule has 1 aromatic carbocycles. The minimum Gasteiger partial charge on any atom is -0.467 e. The van der Waals surface area contributed by atoms with Gasteiger partial charge < -0.3 is 19.6 Å². The average molecular weight is 424 g/mol. The van der Waals surface area contributed by atoms with Crippen LogP contribution >= 0.6 is 11.3 Å². The van der Waals surface area contributed by atoms with E-state index in [0.29, 0.717) is 20.7 Å². The first-order valence-corrected chi connectivity index (χ1v) is 10.1. The number of rotatable bonds is 5. The van der Waals surface area contributed by atoms with E-state index in [0.717, 1.165) is 27.8 Å². The summed E-state index contributed by atoms with van der Waals surface area (Å²) in [6.45, 7) is 1.71. The van der Waals surface area contributed by atoms with Crippen molar-refractivity contribution in [2.24, 2.45) is 7.05 Å². The van der Waals surface area contributed by atoms with E-state index in [9.17, 15) is 14.4 Å². The number of H-pyrrole nitrogens is 1. The zero-order valence-corrected chi connectivity index (χ0v) is 17.5. The number of fused-ring (bicyclic) bond motifs is 2. The first-order chi connectivity index (χ1) is 14.4. The quantitative estimate of drug-likeness (QED) is 0.478. The topological polar surface area (TPSA) is 106 Å². The van der Waals surface area contributed by atoms with Crippen LogP contribution in [0.25, 0.3) is 21.1 Å². The fourth-order valence-corrected chi connectivity index (χ4v) is 4.55. The second-order valence-electron chi connectivity index (χ2n) is 7.01. The number of aromatic amines is 1. The summed E-state index contributed by atoms with van der Waals surface area (Å²) in [5.41, 5.74) is 2.18. The minimum atomic E-state index is -0.873. The molecule has 154 valence electrons. The van der Waals surface area contributed by atoms with Crippen LogP contribution in [-0.4, -0.2) is 39.6 Å². The predicted octanol–water partition coefficient (Wildman–Crippen LogP) is 2.30. The number of hydrogen-bond donors (Lipinski definition) is 2. The van der Waals surface area contributed by atoms with Gasteiger partial charge in [-0.15, -0.1) is 11.3 Å². The summed E-state index contributed by atoms with van der Waals surface area (Å²) >= 11 is 1.13. The lowest BCUT2D eigenvalue weighted by Crippen LogP contribution is -2.43. The fourth-order valence-electron chi connectivity index (χ4n) is 3.51. The van der Waals surface area contributed by atoms with Gasteiger partial charge in [-0.25, -0.2) is 9.78 Å². The molecular weight excluding hydrogens is 404 g/mol. The molecule has 8 nitrogen and oxygen atoms in total. The number of aryl methyl sites for hydroxylation is 2. The van der Waals surface area contributed by atoms with Gasteiger partial charge in [-0.3, -0.25) is 9.59 Å². The molecule has 9 heteroatoms. The van der Waals surface area contributed by atoms with Gasteiger partial charge in [-0.2, -0.15) is 0 Å². The molecule has 0 aliphatic rings. The van der Waals surface area contributed by atoms with Crippen molar-refractivity contribution in [3.63, 3.8) is 0 Å². The maximum Gasteiger partial charge on any atom is 0.328 e. The summed E-state index contributed by atoms with van der Waals surface area (Å²) < 4.78 is 6.28. The van der Waals surface area contributed by atoms with Gasteiger partial charge in [0.25, 0.3) is 11.5 Å². The highest BCUT2D eigenvalue weighted by atomic mass is 32.1. The Morgan fingerprint density at radius 3 is 2.87 bits per heavy atom. The predicted molar refractivity (Wildman–Crippen MR) is 115 cm³/mol. The second-order valence-corrected chi connectivity index (χ2v) is 8.01. The lowest BCUT2D eigenvalue weighted by atomic mass is 10.0. The number of ether oxygens (including phenoxy) is 1. The SMILES string of the molecule is COC(=O)[C@@H](Cc1c[nH]c2ccccc12)NC(=O)c1sc2ncn(C)c(=O)c2c1C. The van der Waals surface area contributed by atoms with Crippen molar-refractivity contribution in [2.75, 3.05) is 7.11 Å². The first kappa shape index (κ1) is 19.8. The van der Waals surface area contributed by atoms with Gasteiger partial charge in [0.1, 0.15) is 10.9 Å². The Kier molecular flexibility index (Phi) is 5.13. The van der Waals surface area contributed by atoms with Crippen molar-refractivity contribution >= 4 is 44.3 Å². The largest absolute Gasteiger partial charge is 0.467 e. The number of carbonyl (C=O) groups is 2. The minimum absolute atomic E-state index is 0.212. The Labute approximate surface area is 175 Å². The molecule has 0 saturated heterocycles. The van der Waals surface area contributed by atoms with Crippen LogP contribution in [0.2, 0.25) is 0 Å². The number of benzene rings is 1. The van der Waals surface area contributed by atoms with E-state index in [1.807, 2.05) is 30.5 Å². The van der Waals surface area contributed by atoms with E-state index in [4.69, 9.17) is 4.74 Å². The molecule has 0 bridgehead atoms. The number of esters is 1. The van der Waals surface area contributed by atoms with Crippen molar-refractivity contribution < 1.29 is 14.3 Å². The third kappa shape index (κ3) is 3.37. The highest BCUT2D eigenvalue weighted by molar-refractivity contribution is 7.20. The van der Waals surface area contributed by atoms with Gasteiger partial charge in [-0.05, 0) is 24.1 Å². The first-order valence-electron chi connectivity index (χ1n) is 9.29. The summed E-state index contributed by atoms with van der Waals surface area (Å²) in [7, 11) is 2.90. The average Bonchev–Trinajstić information content (AvgIpc) is 3.31. The Hall–Kier alpha value is -3.46. The van der Waals surface area contributed by atoms with Crippen molar-refractivity contribution in [2.45, 2.75) is 19.4 Å². The van der Waals surface area contributed by atoms with Crippen molar-refractivity contribution in [1.29, 1.82) is 0 Å². The Morgan fingerprint density at radius 1 is 1.33 bits per heavy atom. The maximum atomic E-state index is 13.0. The van der Waals surface area contributed by atoms with Crippen molar-refractivity contribution in [1.82, 2.24) is 19.9 Å². The van der Waals surface area contributed by atoms with Gasteiger partial charge in [0.05, 0.1) is 23.7 Å². The van der Waals surface area contributed by atoms with Crippen molar-refractivity contribution in [3.05, 3.63) is 63.1 Å². The normalized spacial score (nSPS) is 12.2. The van der Waals surface area contributed by atoms with Gasteiger partial charge in [0.15, 0.2) is 0 Å². The molecule has 4 rings (SSSR count). The Balaban J connectivity index is 1.65. The number of nitrogens with zero attached hydrogens (tertiary/aromatic N) is 2. The number of thiophene rings is 1. The third-order valence-electron chi connectivity index (χ3n) is 5.11. The second kappa shape index (κ2) is 7.75. The molecule has 0 spiro atoms. The molecule has 2 N–H and O–H groups in total. The van der Waals surface area contributed by atoms with Crippen LogP contribution in [-0.2, 0) is 23.0 Å². The number of methoxy groups -OCH3 is 1. The van der Waals surface area contributed by atoms with Crippen LogP contribution in [0, 0.1) is 6.92 Å². The molecule has 3 aromatic heterocycles. The lowest BCUT2D eigenvalue weighted by molar-refractivity contribution is -0.142. The van der Waals surface area contributed by atoms with Gasteiger partial charge in [0.2, 0.25) is 0 Å². The smallest absolute Gasteiger partial charge is 0.328 e. The molecule has 1 amide bonds. The van der Waals surface area contributed by atoms with Crippen LogP contribution in [0.3, 0.4) is 0 Å². The molecule has 0 aliphatic carbocycles. The number of aromatic nitrogens is 3. The molecule has 3 heterocycles. The third-order valence-corrected chi connectivity index (χ3v) is 6.31. The maximum absolute atomic E-state index is 13.0. The van der Waals surface area contributed by atoms with Crippen LogP contribution in [0.5, 0.6) is 0 Å². The summed E-state index contributed by atoms with van der Waals surface area (Å²) in [6.07, 6.45) is 3.52. The lowest BCUT2D eigenvalue weighted by Gasteiger charge is -2.16. The molecule has 0 saturated carbocycles. The molecule has 0 fully saturated rings. The van der Waals surface area contributed by atoms with E-state index in [-0.39, 0.29) is 12.0 Å². The zero-order chi connectivity index (χ0) is 21.4. The molecular formula is C21H20N4O4S. The fraction of sp³-hybridized carbons (Fsp3) is 0.238. The summed E-state index contributed by atoms with van der Waals surface area (Å²) in [6, 6.07) is 6.86. The molecule has 0 unspecified atom stereocenters. The number of hydrogen-bond acceptors (Lipinski definition) is 6. The number of nitrogens with one attached hydrogen (secondary N) is 2. The Bertz CT molecular complexity index is 1330. The molecule has 30 heavy (non-hydrogen) atoms. The molecule has 1 atom stereocenters. The number of amides is 1. The summed E-state index contributed by atoms with van der Waals surface area (Å²) in [5, 5.41) is 4.17. The molecule has 4 aromatic rings. The number of para-hydroxylation sites is 1. The van der Waals surface area contributed by atoms with Gasteiger partial charge in [-0.1, -0.05) is 18.2 Å². The highest BCUT2D eigenvalue weighted by Gasteiger charge is 2.26. The van der Waals surface area contributed by atoms with E-state index < -0.39 is 17.9 Å². The number of carbonyl (C=O) groups excluding carboxylic acids is 2. The molecule has 0 aliphatic heterocycles. The van der Waals surface area contributed by atoms with Crippen molar-refractivity contribution in [3.8, 4) is 0 Å². The molecule has 0 radical (unpaired) electrons. The van der Waals surface area contributed by atoms with E-state index in [1.165, 1.54) is 18.0 Å². The monoisotopic (exact) mass is 424 g/mol. The van der Waals surface area contributed by atoms with Gasteiger partial charge >= 0.3 is 5.97 Å². The van der Waals surface area contributed by atoms with Crippen LogP contribution in [0.1, 0.15) is 20.8 Å². The van der Waals surface area contributed by atoms with E-state index in [2.05, 4.69) is 15.3 Å². The summed E-state index contributed by atoms with van der Waals surface area (Å²) in [4.78, 5) is 46.1.